The van der Waals surface area contributed by atoms with Gasteiger partial charge in [0.1, 0.15) is 30.6 Å². The maximum Gasteiger partial charge on any atom is 0.324 e. The highest BCUT2D eigenvalue weighted by Gasteiger charge is 2.14. The van der Waals surface area contributed by atoms with Gasteiger partial charge in [0, 0.05) is 23.0 Å². The predicted molar refractivity (Wildman–Crippen MR) is 154 cm³/mol. The van der Waals surface area contributed by atoms with Crippen molar-refractivity contribution in [1.82, 2.24) is 14.8 Å². The number of aliphatic hydroxyl groups is 1. The first-order chi connectivity index (χ1) is 19.4. The van der Waals surface area contributed by atoms with E-state index >= 15 is 0 Å². The van der Waals surface area contributed by atoms with Gasteiger partial charge in [-0.2, -0.15) is 5.10 Å². The van der Waals surface area contributed by atoms with Gasteiger partial charge in [-0.05, 0) is 55.8 Å². The van der Waals surface area contributed by atoms with Gasteiger partial charge in [-0.15, -0.1) is 0 Å². The SMILES string of the molecule is Cc1ccc(-n2nc(C)cc2NC(=O)Nc2ccc(OCc3ccnc(NC(=O)CO)c3)c3ccccc23)cc1. The van der Waals surface area contributed by atoms with Crippen LogP contribution in [0.15, 0.2) is 85.1 Å². The second kappa shape index (κ2) is 11.7. The largest absolute Gasteiger partial charge is 0.488 e. The van der Waals surface area contributed by atoms with Crippen LogP contribution in [0.2, 0.25) is 0 Å². The Bertz CT molecular complexity index is 1680. The lowest BCUT2D eigenvalue weighted by molar-refractivity contribution is -0.118. The van der Waals surface area contributed by atoms with E-state index in [9.17, 15) is 9.59 Å². The molecule has 3 aromatic carbocycles. The number of carbonyl (C=O) groups excluding carboxylic acids is 2. The van der Waals surface area contributed by atoms with Crippen molar-refractivity contribution >= 4 is 40.0 Å². The number of aryl methyl sites for hydroxylation is 2. The van der Waals surface area contributed by atoms with Crippen molar-refractivity contribution in [3.63, 3.8) is 0 Å². The molecule has 0 bridgehead atoms. The quantitative estimate of drug-likeness (QED) is 0.216. The number of ether oxygens (including phenoxy) is 1. The number of aliphatic hydroxyl groups excluding tert-OH is 1. The van der Waals surface area contributed by atoms with Crippen molar-refractivity contribution < 1.29 is 19.4 Å². The molecular formula is C30H28N6O4. The van der Waals surface area contributed by atoms with Crippen LogP contribution in [-0.2, 0) is 11.4 Å². The number of hydrogen-bond acceptors (Lipinski definition) is 6. The smallest absolute Gasteiger partial charge is 0.324 e. The molecule has 0 unspecified atom stereocenters. The number of nitrogens with one attached hydrogen (secondary N) is 3. The summed E-state index contributed by atoms with van der Waals surface area (Å²) in [5.41, 5.74) is 4.17. The Morgan fingerprint density at radius 1 is 0.900 bits per heavy atom. The summed E-state index contributed by atoms with van der Waals surface area (Å²) < 4.78 is 7.79. The fourth-order valence-electron chi connectivity index (χ4n) is 4.22. The number of hydrogen-bond donors (Lipinski definition) is 4. The Morgan fingerprint density at radius 2 is 1.68 bits per heavy atom. The van der Waals surface area contributed by atoms with Crippen LogP contribution in [-0.4, -0.2) is 38.4 Å². The maximum absolute atomic E-state index is 13.1. The summed E-state index contributed by atoms with van der Waals surface area (Å²) in [7, 11) is 0. The van der Waals surface area contributed by atoms with E-state index in [1.165, 1.54) is 0 Å². The molecule has 5 aromatic rings. The predicted octanol–water partition coefficient (Wildman–Crippen LogP) is 5.19. The summed E-state index contributed by atoms with van der Waals surface area (Å²) in [6, 6.07) is 24.0. The number of rotatable bonds is 8. The average Bonchev–Trinajstić information content (AvgIpc) is 3.32. The van der Waals surface area contributed by atoms with Crippen LogP contribution in [0.5, 0.6) is 5.75 Å². The minimum atomic E-state index is -0.622. The number of nitrogens with zero attached hydrogens (tertiary/aromatic N) is 3. The zero-order valence-electron chi connectivity index (χ0n) is 22.0. The minimum Gasteiger partial charge on any atom is -0.488 e. The summed E-state index contributed by atoms with van der Waals surface area (Å²) >= 11 is 0. The number of fused-ring (bicyclic) bond motifs is 1. The molecule has 0 aliphatic heterocycles. The van der Waals surface area contributed by atoms with Gasteiger partial charge in [-0.25, -0.2) is 14.5 Å². The zero-order valence-corrected chi connectivity index (χ0v) is 22.0. The lowest BCUT2D eigenvalue weighted by Crippen LogP contribution is -2.21. The van der Waals surface area contributed by atoms with Crippen molar-refractivity contribution in [2.24, 2.45) is 0 Å². The molecule has 0 aliphatic rings. The van der Waals surface area contributed by atoms with Gasteiger partial charge in [0.05, 0.1) is 17.1 Å². The first-order valence-corrected chi connectivity index (χ1v) is 12.6. The highest BCUT2D eigenvalue weighted by molar-refractivity contribution is 6.07. The maximum atomic E-state index is 13.1. The van der Waals surface area contributed by atoms with E-state index in [4.69, 9.17) is 9.84 Å². The van der Waals surface area contributed by atoms with E-state index < -0.39 is 18.5 Å². The Kier molecular flexibility index (Phi) is 7.70. The Hall–Kier alpha value is -5.22. The third-order valence-corrected chi connectivity index (χ3v) is 6.11. The molecule has 0 radical (unpaired) electrons. The highest BCUT2D eigenvalue weighted by Crippen LogP contribution is 2.32. The average molecular weight is 537 g/mol. The summed E-state index contributed by atoms with van der Waals surface area (Å²) in [4.78, 5) is 28.6. The molecule has 4 N–H and O–H groups in total. The fourth-order valence-corrected chi connectivity index (χ4v) is 4.22. The second-order valence-electron chi connectivity index (χ2n) is 9.20. The van der Waals surface area contributed by atoms with Crippen LogP contribution in [0.4, 0.5) is 22.1 Å². The van der Waals surface area contributed by atoms with Crippen LogP contribution >= 0.6 is 0 Å². The summed E-state index contributed by atoms with van der Waals surface area (Å²) in [6.07, 6.45) is 1.56. The molecule has 10 nitrogen and oxygen atoms in total. The Balaban J connectivity index is 1.32. The normalized spacial score (nSPS) is 10.8. The molecule has 0 atom stereocenters. The Morgan fingerprint density at radius 3 is 2.45 bits per heavy atom. The van der Waals surface area contributed by atoms with Gasteiger partial charge >= 0.3 is 6.03 Å². The lowest BCUT2D eigenvalue weighted by atomic mass is 10.1. The lowest BCUT2D eigenvalue weighted by Gasteiger charge is -2.15. The number of amides is 3. The van der Waals surface area contributed by atoms with Gasteiger partial charge in [-0.1, -0.05) is 42.0 Å². The number of anilines is 3. The molecule has 5 rings (SSSR count). The molecule has 0 saturated carbocycles. The van der Waals surface area contributed by atoms with E-state index in [-0.39, 0.29) is 6.61 Å². The molecule has 202 valence electrons. The van der Waals surface area contributed by atoms with E-state index in [0.717, 1.165) is 33.3 Å². The topological polar surface area (TPSA) is 130 Å². The first-order valence-electron chi connectivity index (χ1n) is 12.6. The van der Waals surface area contributed by atoms with E-state index in [1.807, 2.05) is 68.4 Å². The van der Waals surface area contributed by atoms with Crippen molar-refractivity contribution in [3.8, 4) is 11.4 Å². The second-order valence-corrected chi connectivity index (χ2v) is 9.20. The van der Waals surface area contributed by atoms with Crippen LogP contribution in [0, 0.1) is 13.8 Å². The number of benzene rings is 3. The van der Waals surface area contributed by atoms with E-state index in [2.05, 4.69) is 26.0 Å². The molecule has 0 aliphatic carbocycles. The van der Waals surface area contributed by atoms with Crippen LogP contribution in [0.1, 0.15) is 16.8 Å². The zero-order chi connectivity index (χ0) is 28.1. The molecule has 2 aromatic heterocycles. The van der Waals surface area contributed by atoms with Gasteiger partial charge in [0.2, 0.25) is 0 Å². The number of urea groups is 1. The van der Waals surface area contributed by atoms with Gasteiger partial charge in [0.15, 0.2) is 0 Å². The molecule has 0 saturated heterocycles. The molecule has 2 heterocycles. The van der Waals surface area contributed by atoms with Crippen LogP contribution in [0.25, 0.3) is 16.5 Å². The summed E-state index contributed by atoms with van der Waals surface area (Å²) in [5, 5.41) is 23.5. The van der Waals surface area contributed by atoms with Gasteiger partial charge < -0.3 is 20.5 Å². The molecular weight excluding hydrogens is 508 g/mol. The summed E-state index contributed by atoms with van der Waals surface area (Å²) in [5.74, 6) is 0.968. The number of carbonyl (C=O) groups is 2. The third kappa shape index (κ3) is 6.08. The summed E-state index contributed by atoms with van der Waals surface area (Å²) in [6.45, 7) is 3.49. The van der Waals surface area contributed by atoms with E-state index in [1.54, 1.807) is 35.1 Å². The monoisotopic (exact) mass is 536 g/mol. The van der Waals surface area contributed by atoms with Crippen molar-refractivity contribution in [2.75, 3.05) is 22.6 Å². The number of pyridine rings is 1. The molecule has 10 heteroatoms. The molecule has 3 amide bonds. The van der Waals surface area contributed by atoms with Crippen molar-refractivity contribution in [1.29, 1.82) is 0 Å². The van der Waals surface area contributed by atoms with Crippen LogP contribution < -0.4 is 20.7 Å². The molecule has 0 spiro atoms. The highest BCUT2D eigenvalue weighted by atomic mass is 16.5. The molecule has 40 heavy (non-hydrogen) atoms. The number of aromatic nitrogens is 3. The fraction of sp³-hybridized carbons (Fsp3) is 0.133. The van der Waals surface area contributed by atoms with Crippen molar-refractivity contribution in [2.45, 2.75) is 20.5 Å². The van der Waals surface area contributed by atoms with E-state index in [0.29, 0.717) is 23.1 Å². The van der Waals surface area contributed by atoms with Gasteiger partial charge in [-0.3, -0.25) is 10.1 Å². The van der Waals surface area contributed by atoms with Gasteiger partial charge in [0.25, 0.3) is 5.91 Å². The van der Waals surface area contributed by atoms with Crippen molar-refractivity contribution in [3.05, 3.63) is 102 Å². The third-order valence-electron chi connectivity index (χ3n) is 6.11. The Labute approximate surface area is 230 Å². The first kappa shape index (κ1) is 26.4. The standard InChI is InChI=1S/C30H28N6O4/c1-19-7-9-22(10-8-19)36-28(15-20(2)35-36)34-30(39)32-25-11-12-26(24-6-4-3-5-23(24)25)40-18-21-13-14-31-27(16-21)33-29(38)17-37/h3-16,37H,17-18H2,1-2H3,(H,31,33,38)(H2,32,34,39). The minimum absolute atomic E-state index is 0.226. The van der Waals surface area contributed by atoms with Crippen LogP contribution in [0.3, 0.4) is 0 Å². The molecule has 0 fully saturated rings.